The van der Waals surface area contributed by atoms with Crippen molar-refractivity contribution >= 4 is 22.6 Å². The number of carbonyl (C=O) groups is 1. The topological polar surface area (TPSA) is 56.6 Å². The molecule has 0 radical (unpaired) electrons. The minimum atomic E-state index is 0.0425. The molecule has 0 bridgehead atoms. The molecule has 176 valence electrons. The van der Waals surface area contributed by atoms with E-state index in [0.29, 0.717) is 24.5 Å². The second-order valence-electron chi connectivity index (χ2n) is 8.82. The number of rotatable bonds is 11. The van der Waals surface area contributed by atoms with Crippen molar-refractivity contribution in [3.63, 3.8) is 0 Å². The van der Waals surface area contributed by atoms with Crippen LogP contribution >= 0.6 is 0 Å². The molecule has 2 aromatic carbocycles. The number of methoxy groups -OCH3 is 2. The summed E-state index contributed by atoms with van der Waals surface area (Å²) in [4.78, 5) is 19.9. The van der Waals surface area contributed by atoms with Gasteiger partial charge in [0.2, 0.25) is 5.91 Å². The number of imidazole rings is 1. The number of aromatic nitrogens is 2. The highest BCUT2D eigenvalue weighted by Crippen LogP contribution is 2.39. The van der Waals surface area contributed by atoms with Crippen LogP contribution in [0, 0.1) is 0 Å². The molecule has 1 aliphatic rings. The van der Waals surface area contributed by atoms with Crippen LogP contribution < -0.4 is 14.4 Å². The number of fused-ring (bicyclic) bond motifs is 1. The van der Waals surface area contributed by atoms with E-state index in [2.05, 4.69) is 29.7 Å². The molecule has 1 saturated heterocycles. The standard InChI is InChI=1S/C27H35N3O3/c1-4-5-6-7-8-11-16-29-23-13-10-9-12-22(23)28-27(29)20-17-26(31)30(19-20)24-18-21(32-2)14-15-25(24)33-3/h9-10,12-15,18,20H,4-8,11,16-17,19H2,1-3H3. The number of benzene rings is 2. The number of unbranched alkanes of at least 4 members (excludes halogenated alkanes) is 5. The molecule has 6 heteroatoms. The Morgan fingerprint density at radius 2 is 1.79 bits per heavy atom. The smallest absolute Gasteiger partial charge is 0.227 e. The van der Waals surface area contributed by atoms with E-state index in [1.807, 2.05) is 29.2 Å². The zero-order chi connectivity index (χ0) is 23.2. The SMILES string of the molecule is CCCCCCCCn1c(C2CC(=O)N(c3cc(OC)ccc3OC)C2)nc2ccccc21. The van der Waals surface area contributed by atoms with Crippen LogP contribution in [0.15, 0.2) is 42.5 Å². The first-order valence-electron chi connectivity index (χ1n) is 12.1. The highest BCUT2D eigenvalue weighted by atomic mass is 16.5. The maximum absolute atomic E-state index is 13.1. The van der Waals surface area contributed by atoms with Crippen molar-refractivity contribution in [2.75, 3.05) is 25.7 Å². The number of carbonyl (C=O) groups excluding carboxylic acids is 1. The minimum absolute atomic E-state index is 0.0425. The fraction of sp³-hybridized carbons (Fsp3) is 0.481. The summed E-state index contributed by atoms with van der Waals surface area (Å²) in [6.07, 6.45) is 7.96. The van der Waals surface area contributed by atoms with Gasteiger partial charge in [-0.15, -0.1) is 0 Å². The van der Waals surface area contributed by atoms with Crippen molar-refractivity contribution in [3.05, 3.63) is 48.3 Å². The zero-order valence-electron chi connectivity index (χ0n) is 20.0. The Morgan fingerprint density at radius 1 is 1.00 bits per heavy atom. The molecule has 1 amide bonds. The van der Waals surface area contributed by atoms with Gasteiger partial charge >= 0.3 is 0 Å². The van der Waals surface area contributed by atoms with Gasteiger partial charge in [0.15, 0.2) is 0 Å². The summed E-state index contributed by atoms with van der Waals surface area (Å²) >= 11 is 0. The summed E-state index contributed by atoms with van der Waals surface area (Å²) < 4.78 is 13.3. The van der Waals surface area contributed by atoms with Crippen molar-refractivity contribution < 1.29 is 14.3 Å². The quantitative estimate of drug-likeness (QED) is 0.340. The van der Waals surface area contributed by atoms with Crippen molar-refractivity contribution in [1.29, 1.82) is 0 Å². The molecule has 6 nitrogen and oxygen atoms in total. The van der Waals surface area contributed by atoms with E-state index in [4.69, 9.17) is 14.5 Å². The molecule has 1 aromatic heterocycles. The monoisotopic (exact) mass is 449 g/mol. The fourth-order valence-electron chi connectivity index (χ4n) is 4.81. The van der Waals surface area contributed by atoms with Gasteiger partial charge in [0, 0.05) is 31.5 Å². The lowest BCUT2D eigenvalue weighted by Crippen LogP contribution is -2.25. The maximum atomic E-state index is 13.1. The normalized spacial score (nSPS) is 16.0. The number of para-hydroxylation sites is 2. The second kappa shape index (κ2) is 10.7. The van der Waals surface area contributed by atoms with Crippen LogP contribution in [0.5, 0.6) is 11.5 Å². The van der Waals surface area contributed by atoms with Gasteiger partial charge in [-0.05, 0) is 30.7 Å². The van der Waals surface area contributed by atoms with E-state index in [0.717, 1.165) is 35.5 Å². The van der Waals surface area contributed by atoms with Gasteiger partial charge in [0.25, 0.3) is 0 Å². The Hall–Kier alpha value is -3.02. The Balaban J connectivity index is 1.57. The van der Waals surface area contributed by atoms with E-state index < -0.39 is 0 Å². The average molecular weight is 450 g/mol. The average Bonchev–Trinajstić information content (AvgIpc) is 3.41. The Labute approximate surface area is 196 Å². The van der Waals surface area contributed by atoms with E-state index in [-0.39, 0.29) is 11.8 Å². The molecule has 0 spiro atoms. The van der Waals surface area contributed by atoms with Crippen LogP contribution in [0.2, 0.25) is 0 Å². The lowest BCUT2D eigenvalue weighted by atomic mass is 10.1. The number of hydrogen-bond acceptors (Lipinski definition) is 4. The van der Waals surface area contributed by atoms with Gasteiger partial charge in [-0.25, -0.2) is 4.98 Å². The van der Waals surface area contributed by atoms with E-state index in [1.165, 1.54) is 32.1 Å². The largest absolute Gasteiger partial charge is 0.497 e. The molecule has 0 aliphatic carbocycles. The molecule has 3 aromatic rings. The van der Waals surface area contributed by atoms with Gasteiger partial charge in [0.1, 0.15) is 17.3 Å². The molecule has 0 saturated carbocycles. The zero-order valence-corrected chi connectivity index (χ0v) is 20.0. The third-order valence-corrected chi connectivity index (χ3v) is 6.59. The van der Waals surface area contributed by atoms with Crippen LogP contribution in [0.25, 0.3) is 11.0 Å². The summed E-state index contributed by atoms with van der Waals surface area (Å²) in [5.74, 6) is 2.52. The number of anilines is 1. The predicted molar refractivity (Wildman–Crippen MR) is 132 cm³/mol. The molecule has 1 aliphatic heterocycles. The van der Waals surface area contributed by atoms with Gasteiger partial charge in [0.05, 0.1) is 30.9 Å². The first-order chi connectivity index (χ1) is 16.2. The molecular formula is C27H35N3O3. The third-order valence-electron chi connectivity index (χ3n) is 6.59. The van der Waals surface area contributed by atoms with Crippen molar-refractivity contribution in [2.45, 2.75) is 64.3 Å². The van der Waals surface area contributed by atoms with Crippen LogP contribution in [-0.4, -0.2) is 36.2 Å². The summed E-state index contributed by atoms with van der Waals surface area (Å²) in [6.45, 7) is 3.77. The highest BCUT2D eigenvalue weighted by molar-refractivity contribution is 5.98. The van der Waals surface area contributed by atoms with Crippen LogP contribution in [0.4, 0.5) is 5.69 Å². The van der Waals surface area contributed by atoms with Gasteiger partial charge in [-0.2, -0.15) is 0 Å². The number of amides is 1. The predicted octanol–water partition coefficient (Wildman–Crippen LogP) is 5.93. The maximum Gasteiger partial charge on any atom is 0.227 e. The van der Waals surface area contributed by atoms with E-state index in [9.17, 15) is 4.79 Å². The highest BCUT2D eigenvalue weighted by Gasteiger charge is 2.36. The molecular weight excluding hydrogens is 414 g/mol. The molecule has 33 heavy (non-hydrogen) atoms. The van der Waals surface area contributed by atoms with Gasteiger partial charge < -0.3 is 18.9 Å². The first kappa shape index (κ1) is 23.1. The number of aryl methyl sites for hydroxylation is 1. The lowest BCUT2D eigenvalue weighted by molar-refractivity contribution is -0.117. The lowest BCUT2D eigenvalue weighted by Gasteiger charge is -2.20. The summed E-state index contributed by atoms with van der Waals surface area (Å²) in [5.41, 5.74) is 2.91. The molecule has 2 heterocycles. The van der Waals surface area contributed by atoms with E-state index >= 15 is 0 Å². The Bertz CT molecular complexity index is 1090. The fourth-order valence-corrected chi connectivity index (χ4v) is 4.81. The first-order valence-corrected chi connectivity index (χ1v) is 12.1. The number of nitrogens with zero attached hydrogens (tertiary/aromatic N) is 3. The molecule has 1 unspecified atom stereocenters. The van der Waals surface area contributed by atoms with Crippen LogP contribution in [0.1, 0.15) is 63.6 Å². The Morgan fingerprint density at radius 3 is 2.58 bits per heavy atom. The number of hydrogen-bond donors (Lipinski definition) is 0. The molecule has 0 N–H and O–H groups in total. The third kappa shape index (κ3) is 5.00. The minimum Gasteiger partial charge on any atom is -0.497 e. The van der Waals surface area contributed by atoms with Crippen molar-refractivity contribution in [2.24, 2.45) is 0 Å². The summed E-state index contributed by atoms with van der Waals surface area (Å²) in [5, 5.41) is 0. The number of ether oxygens (including phenoxy) is 2. The molecule has 4 rings (SSSR count). The van der Waals surface area contributed by atoms with Crippen molar-refractivity contribution in [3.8, 4) is 11.5 Å². The second-order valence-corrected chi connectivity index (χ2v) is 8.82. The van der Waals surface area contributed by atoms with Gasteiger partial charge in [-0.1, -0.05) is 51.2 Å². The Kier molecular flexibility index (Phi) is 7.53. The molecule has 1 atom stereocenters. The van der Waals surface area contributed by atoms with E-state index in [1.54, 1.807) is 14.2 Å². The summed E-state index contributed by atoms with van der Waals surface area (Å²) in [7, 11) is 3.26. The molecule has 1 fully saturated rings. The summed E-state index contributed by atoms with van der Waals surface area (Å²) in [6, 6.07) is 13.9. The van der Waals surface area contributed by atoms with Crippen LogP contribution in [-0.2, 0) is 11.3 Å². The van der Waals surface area contributed by atoms with Crippen molar-refractivity contribution in [1.82, 2.24) is 9.55 Å². The van der Waals surface area contributed by atoms with Crippen LogP contribution in [0.3, 0.4) is 0 Å². The van der Waals surface area contributed by atoms with Gasteiger partial charge in [-0.3, -0.25) is 4.79 Å².